The predicted molar refractivity (Wildman–Crippen MR) is 154 cm³/mol. The number of benzene rings is 1. The Bertz CT molecular complexity index is 893. The van der Waals surface area contributed by atoms with Gasteiger partial charge in [-0.3, -0.25) is 0 Å². The predicted octanol–water partition coefficient (Wildman–Crippen LogP) is 4.47. The summed E-state index contributed by atoms with van der Waals surface area (Å²) in [5.74, 6) is 5.49. The fourth-order valence-electron chi connectivity index (χ4n) is 2.93. The van der Waals surface area contributed by atoms with E-state index < -0.39 is 5.97 Å². The van der Waals surface area contributed by atoms with Gasteiger partial charge in [0.05, 0.1) is 23.9 Å². The molecule has 3 rings (SSSR count). The van der Waals surface area contributed by atoms with Crippen molar-refractivity contribution >= 4 is 24.8 Å². The second-order valence-electron chi connectivity index (χ2n) is 10.2. The molecule has 1 aliphatic carbocycles. The molecular formula is C28H49BN4O4. The molecule has 1 aromatic rings. The second-order valence-corrected chi connectivity index (χ2v) is 10.2. The molecular weight excluding hydrogens is 467 g/mol. The normalized spacial score (nSPS) is 17.6. The van der Waals surface area contributed by atoms with Crippen LogP contribution < -0.4 is 17.0 Å². The van der Waals surface area contributed by atoms with Gasteiger partial charge in [-0.25, -0.2) is 10.6 Å². The van der Waals surface area contributed by atoms with Crippen molar-refractivity contribution in [3.05, 3.63) is 53.4 Å². The van der Waals surface area contributed by atoms with Gasteiger partial charge in [0.1, 0.15) is 0 Å². The van der Waals surface area contributed by atoms with Crippen LogP contribution in [0.2, 0.25) is 0 Å². The van der Waals surface area contributed by atoms with E-state index in [0.717, 1.165) is 17.4 Å². The van der Waals surface area contributed by atoms with Crippen molar-refractivity contribution in [1.82, 2.24) is 5.01 Å². The number of esters is 1. The zero-order chi connectivity index (χ0) is 28.8. The summed E-state index contributed by atoms with van der Waals surface area (Å²) in [4.78, 5) is 10.5. The van der Waals surface area contributed by atoms with Gasteiger partial charge < -0.3 is 30.2 Å². The molecule has 8 nitrogen and oxygen atoms in total. The molecule has 9 heteroatoms. The second kappa shape index (κ2) is 16.3. The lowest BCUT2D eigenvalue weighted by molar-refractivity contribution is -0.135. The Hall–Kier alpha value is -2.62. The van der Waals surface area contributed by atoms with Gasteiger partial charge in [0.15, 0.2) is 0 Å². The average molecular weight is 517 g/mol. The Morgan fingerprint density at radius 3 is 2.05 bits per heavy atom. The number of aryl methyl sites for hydroxylation is 1. The molecule has 1 saturated carbocycles. The van der Waals surface area contributed by atoms with Crippen LogP contribution in [-0.4, -0.2) is 49.7 Å². The highest BCUT2D eigenvalue weighted by Gasteiger charge is 2.51. The Balaban J connectivity index is 0.000000531. The first-order valence-electron chi connectivity index (χ1n) is 12.8. The summed E-state index contributed by atoms with van der Waals surface area (Å²) in [7, 11) is 2.81. The highest BCUT2D eigenvalue weighted by atomic mass is 16.7. The summed E-state index contributed by atoms with van der Waals surface area (Å²) >= 11 is 0. The zero-order valence-electron chi connectivity index (χ0n) is 24.6. The molecule has 0 spiro atoms. The number of methoxy groups -OCH3 is 1. The number of hydrazine groups is 1. The van der Waals surface area contributed by atoms with E-state index in [0.29, 0.717) is 5.92 Å². The van der Waals surface area contributed by atoms with E-state index in [9.17, 15) is 4.79 Å². The van der Waals surface area contributed by atoms with Crippen LogP contribution in [0.5, 0.6) is 0 Å². The third-order valence-electron chi connectivity index (χ3n) is 5.86. The molecule has 1 aliphatic heterocycles. The molecule has 1 saturated heterocycles. The van der Waals surface area contributed by atoms with E-state index in [4.69, 9.17) is 26.3 Å². The lowest BCUT2D eigenvalue weighted by Gasteiger charge is -2.32. The van der Waals surface area contributed by atoms with Gasteiger partial charge in [0.25, 0.3) is 0 Å². The summed E-state index contributed by atoms with van der Waals surface area (Å²) in [6.07, 6.45) is 7.98. The first-order chi connectivity index (χ1) is 17.2. The van der Waals surface area contributed by atoms with Crippen molar-refractivity contribution in [1.29, 1.82) is 5.41 Å². The van der Waals surface area contributed by atoms with Crippen LogP contribution in [0.3, 0.4) is 0 Å². The third kappa shape index (κ3) is 12.5. The molecule has 0 radical (unpaired) electrons. The molecule has 37 heavy (non-hydrogen) atoms. The van der Waals surface area contributed by atoms with Crippen LogP contribution in [0.25, 0.3) is 0 Å². The molecule has 2 aliphatic rings. The first-order valence-corrected chi connectivity index (χ1v) is 12.8. The summed E-state index contributed by atoms with van der Waals surface area (Å²) in [5, 5.41) is 8.19. The van der Waals surface area contributed by atoms with Crippen molar-refractivity contribution in [3.8, 4) is 0 Å². The number of ether oxygens (including phenoxy) is 1. The van der Waals surface area contributed by atoms with Crippen LogP contribution in [0.15, 0.2) is 47.8 Å². The molecule has 1 aromatic carbocycles. The van der Waals surface area contributed by atoms with Gasteiger partial charge in [0, 0.05) is 31.1 Å². The van der Waals surface area contributed by atoms with Crippen LogP contribution in [0.1, 0.15) is 73.3 Å². The van der Waals surface area contributed by atoms with E-state index >= 15 is 0 Å². The number of allylic oxidation sites excluding steroid dienone is 2. The number of carbonyl (C=O) groups excluding carboxylic acids is 1. The Kier molecular flexibility index (Phi) is 15.1. The number of nitrogens with zero attached hydrogens (tertiary/aromatic N) is 1. The van der Waals surface area contributed by atoms with Crippen LogP contribution in [0.4, 0.5) is 0 Å². The molecule has 0 bridgehead atoms. The lowest BCUT2D eigenvalue weighted by atomic mass is 9.78. The molecule has 5 N–H and O–H groups in total. The number of hydrogen-bond donors (Lipinski definition) is 3. The largest absolute Gasteiger partial charge is 0.494 e. The highest BCUT2D eigenvalue weighted by Crippen LogP contribution is 2.36. The SMILES string of the molecule is C/C=C(\C=N)C(=O)OC.CCC.CN(N)/C=C(\N)C1CC1.Cc1cccc(B2OC(C)(C)C(C)(C)O2)c1. The maximum Gasteiger partial charge on any atom is 0.494 e. The van der Waals surface area contributed by atoms with E-state index in [-0.39, 0.29) is 23.9 Å². The van der Waals surface area contributed by atoms with Crippen LogP contribution in [0, 0.1) is 18.3 Å². The maximum atomic E-state index is 10.5. The topological polar surface area (TPSA) is 124 Å². The average Bonchev–Trinajstić information content (AvgIpc) is 3.62. The van der Waals surface area contributed by atoms with E-state index in [1.807, 2.05) is 6.07 Å². The smallest absolute Gasteiger partial charge is 0.465 e. The molecule has 1 heterocycles. The van der Waals surface area contributed by atoms with Gasteiger partial charge in [-0.05, 0) is 59.8 Å². The van der Waals surface area contributed by atoms with Crippen molar-refractivity contribution in [2.24, 2.45) is 17.5 Å². The van der Waals surface area contributed by atoms with Gasteiger partial charge in [-0.1, -0.05) is 56.2 Å². The first kappa shape index (κ1) is 34.4. The summed E-state index contributed by atoms with van der Waals surface area (Å²) in [5.41, 5.74) is 8.61. The zero-order valence-corrected chi connectivity index (χ0v) is 24.6. The van der Waals surface area contributed by atoms with E-state index in [1.54, 1.807) is 20.2 Å². The van der Waals surface area contributed by atoms with Crippen molar-refractivity contribution in [2.45, 2.75) is 85.9 Å². The van der Waals surface area contributed by atoms with Crippen LogP contribution in [-0.2, 0) is 18.8 Å². The van der Waals surface area contributed by atoms with Crippen molar-refractivity contribution in [2.75, 3.05) is 14.2 Å². The molecule has 2 fully saturated rings. The summed E-state index contributed by atoms with van der Waals surface area (Å²) in [6, 6.07) is 8.28. The standard InChI is InChI=1S/C13H19BO2.C6H13N3.C6H9NO2.C3H8/c1-10-7-6-8-11(9-10)14-15-12(2,3)13(4,5)16-14;1-9(8)4-6(7)5-2-3-5;1-3-5(4-7)6(8)9-2;1-3-2/h6-9H,1-5H3;4-5H,2-3,7-8H2,1H3;3-4,7H,1-2H3;3H2,1-2H3/b;6-4-;5-3+,7-4?;. The van der Waals surface area contributed by atoms with Gasteiger partial charge >= 0.3 is 13.1 Å². The quantitative estimate of drug-likeness (QED) is 0.132. The maximum absolute atomic E-state index is 10.5. The van der Waals surface area contributed by atoms with Crippen LogP contribution >= 0.6 is 0 Å². The fourth-order valence-corrected chi connectivity index (χ4v) is 2.93. The fraction of sp³-hybridized carbons (Fsp3) is 0.571. The molecule has 208 valence electrons. The van der Waals surface area contributed by atoms with E-state index in [1.165, 1.54) is 43.0 Å². The number of hydrogen-bond acceptors (Lipinski definition) is 8. The van der Waals surface area contributed by atoms with Crippen molar-refractivity contribution in [3.63, 3.8) is 0 Å². The summed E-state index contributed by atoms with van der Waals surface area (Å²) in [6.45, 7) is 16.3. The van der Waals surface area contributed by atoms with Gasteiger partial charge in [0.2, 0.25) is 0 Å². The number of carbonyl (C=O) groups is 1. The third-order valence-corrected chi connectivity index (χ3v) is 5.86. The highest BCUT2D eigenvalue weighted by molar-refractivity contribution is 6.62. The molecule has 0 unspecified atom stereocenters. The monoisotopic (exact) mass is 516 g/mol. The van der Waals surface area contributed by atoms with E-state index in [2.05, 4.69) is 71.4 Å². The summed E-state index contributed by atoms with van der Waals surface area (Å²) < 4.78 is 16.3. The minimum absolute atomic E-state index is 0.245. The number of nitrogens with two attached hydrogens (primary N) is 2. The number of nitrogens with one attached hydrogen (secondary N) is 1. The Morgan fingerprint density at radius 2 is 1.73 bits per heavy atom. The molecule has 0 aromatic heterocycles. The molecule has 0 atom stereocenters. The lowest BCUT2D eigenvalue weighted by Crippen LogP contribution is -2.41. The number of rotatable bonds is 5. The minimum atomic E-state index is -0.465. The van der Waals surface area contributed by atoms with Crippen molar-refractivity contribution < 1.29 is 18.8 Å². The Labute approximate surface area is 225 Å². The van der Waals surface area contributed by atoms with Gasteiger partial charge in [-0.2, -0.15) is 0 Å². The minimum Gasteiger partial charge on any atom is -0.465 e. The molecule has 0 amide bonds. The van der Waals surface area contributed by atoms with Gasteiger partial charge in [-0.15, -0.1) is 0 Å². The Morgan fingerprint density at radius 1 is 1.22 bits per heavy atom.